The van der Waals surface area contributed by atoms with Crippen LogP contribution in [0.1, 0.15) is 20.3 Å². The van der Waals surface area contributed by atoms with E-state index in [0.29, 0.717) is 24.0 Å². The molecule has 0 aliphatic carbocycles. The molecule has 0 aromatic heterocycles. The van der Waals surface area contributed by atoms with Gasteiger partial charge in [0, 0.05) is 0 Å². The van der Waals surface area contributed by atoms with E-state index in [1.165, 1.54) is 7.11 Å². The van der Waals surface area contributed by atoms with Gasteiger partial charge in [0.2, 0.25) is 5.91 Å². The van der Waals surface area contributed by atoms with Crippen molar-refractivity contribution in [1.29, 1.82) is 0 Å². The summed E-state index contributed by atoms with van der Waals surface area (Å²) in [5, 5.41) is 5.96. The summed E-state index contributed by atoms with van der Waals surface area (Å²) < 4.78 is 4.71. The second-order valence-corrected chi connectivity index (χ2v) is 6.34. The van der Waals surface area contributed by atoms with Crippen molar-refractivity contribution in [3.05, 3.63) is 0 Å². The highest BCUT2D eigenvalue weighted by atomic mass is 32.2. The SMILES string of the molecule is COC(=O)C(CC(C)C)NC(=O)CSCC1CNC1. The Bertz CT molecular complexity index is 306. The van der Waals surface area contributed by atoms with Crippen molar-refractivity contribution in [3.8, 4) is 0 Å². The van der Waals surface area contributed by atoms with Crippen LogP contribution in [0.5, 0.6) is 0 Å². The quantitative estimate of drug-likeness (QED) is 0.642. The Morgan fingerprint density at radius 3 is 2.58 bits per heavy atom. The maximum atomic E-state index is 11.8. The maximum Gasteiger partial charge on any atom is 0.328 e. The monoisotopic (exact) mass is 288 g/mol. The standard InChI is InChI=1S/C13H24N2O3S/c1-9(2)4-11(13(17)18-3)15-12(16)8-19-7-10-5-14-6-10/h9-11,14H,4-8H2,1-3H3,(H,15,16). The molecule has 2 N–H and O–H groups in total. The molecule has 1 atom stereocenters. The lowest BCUT2D eigenvalue weighted by molar-refractivity contribution is -0.145. The molecule has 0 radical (unpaired) electrons. The molecule has 1 aliphatic heterocycles. The fourth-order valence-electron chi connectivity index (χ4n) is 1.85. The molecule has 0 spiro atoms. The molecule has 1 aliphatic rings. The predicted octanol–water partition coefficient (Wildman–Crippen LogP) is 0.643. The average Bonchev–Trinajstić information content (AvgIpc) is 2.30. The van der Waals surface area contributed by atoms with Crippen molar-refractivity contribution in [1.82, 2.24) is 10.6 Å². The summed E-state index contributed by atoms with van der Waals surface area (Å²) in [4.78, 5) is 23.4. The van der Waals surface area contributed by atoms with Gasteiger partial charge in [-0.1, -0.05) is 13.8 Å². The number of amides is 1. The molecule has 0 saturated carbocycles. The highest BCUT2D eigenvalue weighted by molar-refractivity contribution is 7.99. The third-order valence-corrected chi connectivity index (χ3v) is 4.15. The smallest absolute Gasteiger partial charge is 0.328 e. The minimum Gasteiger partial charge on any atom is -0.467 e. The summed E-state index contributed by atoms with van der Waals surface area (Å²) in [6, 6.07) is -0.525. The number of rotatable bonds is 8. The first-order valence-electron chi connectivity index (χ1n) is 6.68. The van der Waals surface area contributed by atoms with Crippen LogP contribution in [0.25, 0.3) is 0 Å². The van der Waals surface area contributed by atoms with Gasteiger partial charge in [0.25, 0.3) is 0 Å². The second-order valence-electron chi connectivity index (χ2n) is 5.31. The summed E-state index contributed by atoms with van der Waals surface area (Å²) >= 11 is 1.62. The van der Waals surface area contributed by atoms with Crippen LogP contribution < -0.4 is 10.6 Å². The molecule has 1 fully saturated rings. The Morgan fingerprint density at radius 1 is 1.42 bits per heavy atom. The number of carbonyl (C=O) groups is 2. The van der Waals surface area contributed by atoms with Gasteiger partial charge in [0.1, 0.15) is 6.04 Å². The Kier molecular flexibility index (Phi) is 7.23. The van der Waals surface area contributed by atoms with E-state index in [1.54, 1.807) is 11.8 Å². The molecule has 0 bridgehead atoms. The predicted molar refractivity (Wildman–Crippen MR) is 77.1 cm³/mol. The Hall–Kier alpha value is -0.750. The summed E-state index contributed by atoms with van der Waals surface area (Å²) in [6.45, 7) is 6.13. The van der Waals surface area contributed by atoms with Crippen LogP contribution in [-0.4, -0.2) is 49.6 Å². The largest absolute Gasteiger partial charge is 0.467 e. The van der Waals surface area contributed by atoms with Gasteiger partial charge in [-0.2, -0.15) is 11.8 Å². The fraction of sp³-hybridized carbons (Fsp3) is 0.846. The highest BCUT2D eigenvalue weighted by Gasteiger charge is 2.23. The minimum absolute atomic E-state index is 0.0895. The van der Waals surface area contributed by atoms with E-state index < -0.39 is 6.04 Å². The number of thioether (sulfide) groups is 1. The van der Waals surface area contributed by atoms with Crippen LogP contribution in [-0.2, 0) is 14.3 Å². The zero-order chi connectivity index (χ0) is 14.3. The number of hydrogen-bond donors (Lipinski definition) is 2. The Morgan fingerprint density at radius 2 is 2.11 bits per heavy atom. The van der Waals surface area contributed by atoms with Crippen molar-refractivity contribution in [2.45, 2.75) is 26.3 Å². The molecule has 1 rings (SSSR count). The number of methoxy groups -OCH3 is 1. The molecule has 1 saturated heterocycles. The summed E-state index contributed by atoms with van der Waals surface area (Å²) in [5.41, 5.74) is 0. The van der Waals surface area contributed by atoms with Gasteiger partial charge in [-0.15, -0.1) is 0 Å². The molecular formula is C13H24N2O3S. The number of hydrogen-bond acceptors (Lipinski definition) is 5. The van der Waals surface area contributed by atoms with E-state index in [9.17, 15) is 9.59 Å². The summed E-state index contributed by atoms with van der Waals surface area (Å²) in [6.07, 6.45) is 0.607. The van der Waals surface area contributed by atoms with Crippen LogP contribution >= 0.6 is 11.8 Å². The average molecular weight is 288 g/mol. The fourth-order valence-corrected chi connectivity index (χ4v) is 2.80. The summed E-state index contributed by atoms with van der Waals surface area (Å²) in [5.74, 6) is 1.96. The minimum atomic E-state index is -0.525. The van der Waals surface area contributed by atoms with Crippen molar-refractivity contribution >= 4 is 23.6 Å². The van der Waals surface area contributed by atoms with E-state index in [-0.39, 0.29) is 11.9 Å². The number of ether oxygens (including phenoxy) is 1. The molecule has 19 heavy (non-hydrogen) atoms. The zero-order valence-electron chi connectivity index (χ0n) is 11.9. The van der Waals surface area contributed by atoms with Crippen molar-refractivity contribution in [2.24, 2.45) is 11.8 Å². The number of carbonyl (C=O) groups excluding carboxylic acids is 2. The molecule has 1 heterocycles. The van der Waals surface area contributed by atoms with Crippen molar-refractivity contribution in [3.63, 3.8) is 0 Å². The zero-order valence-corrected chi connectivity index (χ0v) is 12.7. The molecule has 0 aromatic rings. The molecule has 6 heteroatoms. The van der Waals surface area contributed by atoms with Crippen molar-refractivity contribution < 1.29 is 14.3 Å². The van der Waals surface area contributed by atoms with Crippen LogP contribution in [0, 0.1) is 11.8 Å². The van der Waals surface area contributed by atoms with Crippen LogP contribution in [0.3, 0.4) is 0 Å². The van der Waals surface area contributed by atoms with Crippen LogP contribution in [0.2, 0.25) is 0 Å². The van der Waals surface area contributed by atoms with E-state index >= 15 is 0 Å². The van der Waals surface area contributed by atoms with Gasteiger partial charge in [0.15, 0.2) is 0 Å². The first kappa shape index (κ1) is 16.3. The van der Waals surface area contributed by atoms with Crippen LogP contribution in [0.4, 0.5) is 0 Å². The van der Waals surface area contributed by atoms with E-state index in [2.05, 4.69) is 10.6 Å². The third kappa shape index (κ3) is 6.29. The van der Waals surface area contributed by atoms with E-state index in [4.69, 9.17) is 4.74 Å². The topological polar surface area (TPSA) is 67.4 Å². The molecule has 0 aromatic carbocycles. The lowest BCUT2D eigenvalue weighted by Crippen LogP contribution is -2.44. The normalized spacial score (nSPS) is 16.8. The summed E-state index contributed by atoms with van der Waals surface area (Å²) in [7, 11) is 1.35. The first-order chi connectivity index (χ1) is 9.02. The second kappa shape index (κ2) is 8.43. The lowest BCUT2D eigenvalue weighted by Gasteiger charge is -2.26. The molecule has 1 unspecified atom stereocenters. The number of nitrogens with one attached hydrogen (secondary N) is 2. The van der Waals surface area contributed by atoms with Gasteiger partial charge < -0.3 is 15.4 Å². The molecule has 1 amide bonds. The van der Waals surface area contributed by atoms with E-state index in [1.807, 2.05) is 13.8 Å². The van der Waals surface area contributed by atoms with Crippen molar-refractivity contribution in [2.75, 3.05) is 31.7 Å². The molecule has 110 valence electrons. The van der Waals surface area contributed by atoms with Crippen LogP contribution in [0.15, 0.2) is 0 Å². The Balaban J connectivity index is 2.26. The van der Waals surface area contributed by atoms with Gasteiger partial charge >= 0.3 is 5.97 Å². The van der Waals surface area contributed by atoms with Gasteiger partial charge in [-0.05, 0) is 37.1 Å². The van der Waals surface area contributed by atoms with Gasteiger partial charge in [0.05, 0.1) is 12.9 Å². The molecular weight excluding hydrogens is 264 g/mol. The highest BCUT2D eigenvalue weighted by Crippen LogP contribution is 2.12. The number of esters is 1. The Labute approximate surface area is 119 Å². The maximum absolute atomic E-state index is 11.8. The van der Waals surface area contributed by atoms with Gasteiger partial charge in [-0.3, -0.25) is 4.79 Å². The van der Waals surface area contributed by atoms with Gasteiger partial charge in [-0.25, -0.2) is 4.79 Å². The van der Waals surface area contributed by atoms with E-state index in [0.717, 1.165) is 18.8 Å². The first-order valence-corrected chi connectivity index (χ1v) is 7.84. The third-order valence-electron chi connectivity index (χ3n) is 2.98. The lowest BCUT2D eigenvalue weighted by atomic mass is 10.0. The molecule has 5 nitrogen and oxygen atoms in total.